The first-order chi connectivity index (χ1) is 11.7. The summed E-state index contributed by atoms with van der Waals surface area (Å²) in [5, 5.41) is 11.4. The van der Waals surface area contributed by atoms with Gasteiger partial charge >= 0.3 is 0 Å². The summed E-state index contributed by atoms with van der Waals surface area (Å²) in [7, 11) is 0. The third-order valence-corrected chi connectivity index (χ3v) is 7.43. The maximum atomic E-state index is 12.1. The zero-order chi connectivity index (χ0) is 16.6. The van der Waals surface area contributed by atoms with Crippen LogP contribution in [0.5, 0.6) is 0 Å². The molecule has 0 saturated heterocycles. The highest BCUT2D eigenvalue weighted by Gasteiger charge is 2.50. The van der Waals surface area contributed by atoms with E-state index in [0.29, 0.717) is 5.04 Å². The van der Waals surface area contributed by atoms with Crippen molar-refractivity contribution in [1.82, 2.24) is 0 Å². The van der Waals surface area contributed by atoms with Gasteiger partial charge in [-0.3, -0.25) is 4.79 Å². The number of benzene rings is 1. The molecule has 120 valence electrons. The fraction of sp³-hybridized carbons (Fsp3) is 0.111. The van der Waals surface area contributed by atoms with Gasteiger partial charge in [-0.15, -0.1) is 22.7 Å². The van der Waals surface area contributed by atoms with Crippen LogP contribution in [0.1, 0.15) is 16.7 Å². The van der Waals surface area contributed by atoms with Crippen LogP contribution in [-0.2, 0) is 9.67 Å². The number of anilines is 1. The van der Waals surface area contributed by atoms with E-state index in [9.17, 15) is 4.79 Å². The molecular weight excluding hydrogens is 356 g/mol. The van der Waals surface area contributed by atoms with Crippen molar-refractivity contribution < 1.29 is 4.79 Å². The zero-order valence-electron chi connectivity index (χ0n) is 12.9. The highest BCUT2D eigenvalue weighted by atomic mass is 32.2. The smallest absolute Gasteiger partial charge is 0.186 e. The second-order valence-electron chi connectivity index (χ2n) is 5.31. The average molecular weight is 371 g/mol. The zero-order valence-corrected chi connectivity index (χ0v) is 15.3. The van der Waals surface area contributed by atoms with Crippen molar-refractivity contribution in [2.45, 2.75) is 11.8 Å². The van der Waals surface area contributed by atoms with Gasteiger partial charge in [0.1, 0.15) is 0 Å². The van der Waals surface area contributed by atoms with Crippen LogP contribution in [0.2, 0.25) is 0 Å². The van der Waals surface area contributed by atoms with Crippen molar-refractivity contribution in [3.63, 3.8) is 0 Å². The molecule has 0 radical (unpaired) electrons. The quantitative estimate of drug-likeness (QED) is 0.635. The van der Waals surface area contributed by atoms with Crippen molar-refractivity contribution >= 4 is 50.9 Å². The maximum absolute atomic E-state index is 12.1. The van der Waals surface area contributed by atoms with Crippen LogP contribution in [0.25, 0.3) is 0 Å². The number of ketones is 1. The standard InChI is InChI=1S/C18H14N2OS3/c1-13(21)17-19-20(14-7-3-2-4-8-14)18(24-17,15-9-5-11-22-15)16-10-6-12-23-16/h2-12H,1H3. The van der Waals surface area contributed by atoms with Crippen molar-refractivity contribution in [2.24, 2.45) is 5.10 Å². The van der Waals surface area contributed by atoms with E-state index in [1.807, 2.05) is 47.5 Å². The molecule has 6 heteroatoms. The summed E-state index contributed by atoms with van der Waals surface area (Å²) < 4.78 is 0. The second kappa shape index (κ2) is 6.20. The van der Waals surface area contributed by atoms with E-state index in [0.717, 1.165) is 5.69 Å². The first-order valence-corrected chi connectivity index (χ1v) is 10.0. The number of rotatable bonds is 4. The molecule has 1 aromatic carbocycles. The average Bonchev–Trinajstić information content (AvgIpc) is 3.34. The lowest BCUT2D eigenvalue weighted by molar-refractivity contribution is -0.110. The number of thiophene rings is 2. The van der Waals surface area contributed by atoms with Gasteiger partial charge in [0.15, 0.2) is 15.7 Å². The predicted octanol–water partition coefficient (Wildman–Crippen LogP) is 5.17. The van der Waals surface area contributed by atoms with E-state index < -0.39 is 4.87 Å². The summed E-state index contributed by atoms with van der Waals surface area (Å²) in [5.74, 6) is -0.00378. The van der Waals surface area contributed by atoms with Gasteiger partial charge in [0.2, 0.25) is 0 Å². The Kier molecular flexibility index (Phi) is 4.04. The molecule has 24 heavy (non-hydrogen) atoms. The minimum atomic E-state index is -0.523. The summed E-state index contributed by atoms with van der Waals surface area (Å²) in [6.07, 6.45) is 0. The van der Waals surface area contributed by atoms with Crippen LogP contribution >= 0.6 is 34.4 Å². The lowest BCUT2D eigenvalue weighted by Crippen LogP contribution is -2.37. The first kappa shape index (κ1) is 15.6. The predicted molar refractivity (Wildman–Crippen MR) is 104 cm³/mol. The van der Waals surface area contributed by atoms with Gasteiger partial charge in [-0.25, -0.2) is 5.01 Å². The Morgan fingerprint density at radius 1 is 0.958 bits per heavy atom. The molecule has 0 amide bonds. The van der Waals surface area contributed by atoms with Gasteiger partial charge in [-0.05, 0) is 35.0 Å². The molecule has 3 heterocycles. The van der Waals surface area contributed by atoms with Crippen LogP contribution in [0.3, 0.4) is 0 Å². The second-order valence-corrected chi connectivity index (χ2v) is 8.39. The van der Waals surface area contributed by atoms with E-state index in [2.05, 4.69) is 22.9 Å². The molecule has 0 bridgehead atoms. The molecule has 0 fully saturated rings. The Balaban J connectivity index is 1.96. The van der Waals surface area contributed by atoms with Gasteiger partial charge < -0.3 is 0 Å². The number of nitrogens with zero attached hydrogens (tertiary/aromatic N) is 2. The van der Waals surface area contributed by atoms with E-state index in [-0.39, 0.29) is 5.78 Å². The van der Waals surface area contributed by atoms with E-state index >= 15 is 0 Å². The van der Waals surface area contributed by atoms with Gasteiger partial charge in [-0.1, -0.05) is 42.1 Å². The van der Waals surface area contributed by atoms with Crippen molar-refractivity contribution in [2.75, 3.05) is 5.01 Å². The fourth-order valence-electron chi connectivity index (χ4n) is 2.69. The SMILES string of the molecule is CC(=O)C1=NN(c2ccccc2)C(c2cccs2)(c2cccs2)S1. The Morgan fingerprint density at radius 2 is 1.58 bits per heavy atom. The minimum Gasteiger partial charge on any atom is -0.292 e. The maximum Gasteiger partial charge on any atom is 0.186 e. The summed E-state index contributed by atoms with van der Waals surface area (Å²) in [4.78, 5) is 13.9. The molecule has 1 aliphatic rings. The van der Waals surface area contributed by atoms with Crippen LogP contribution < -0.4 is 5.01 Å². The molecule has 3 aromatic rings. The number of carbonyl (C=O) groups is 1. The number of hydrogen-bond donors (Lipinski definition) is 0. The number of Topliss-reactive ketones (excluding diaryl/α,β-unsaturated/α-hetero) is 1. The van der Waals surface area contributed by atoms with Gasteiger partial charge in [-0.2, -0.15) is 5.10 Å². The number of para-hydroxylation sites is 1. The van der Waals surface area contributed by atoms with Crippen LogP contribution in [0.15, 0.2) is 70.5 Å². The van der Waals surface area contributed by atoms with Crippen molar-refractivity contribution in [1.29, 1.82) is 0 Å². The first-order valence-electron chi connectivity index (χ1n) is 7.43. The highest BCUT2D eigenvalue weighted by molar-refractivity contribution is 8.17. The van der Waals surface area contributed by atoms with Crippen molar-refractivity contribution in [3.8, 4) is 0 Å². The molecule has 0 saturated carbocycles. The van der Waals surface area contributed by atoms with Gasteiger partial charge in [0, 0.05) is 16.7 Å². The van der Waals surface area contributed by atoms with E-state index in [4.69, 9.17) is 5.10 Å². The Morgan fingerprint density at radius 3 is 2.08 bits per heavy atom. The van der Waals surface area contributed by atoms with E-state index in [1.165, 1.54) is 21.5 Å². The topological polar surface area (TPSA) is 32.7 Å². The van der Waals surface area contributed by atoms with Crippen LogP contribution in [0.4, 0.5) is 5.69 Å². The number of thioether (sulfide) groups is 1. The Labute approximate surface area is 152 Å². The Bertz CT molecular complexity index is 836. The molecule has 1 aliphatic heterocycles. The molecular formula is C18H14N2OS3. The molecule has 0 N–H and O–H groups in total. The summed E-state index contributed by atoms with van der Waals surface area (Å²) in [6, 6.07) is 18.4. The molecule has 0 aliphatic carbocycles. The normalized spacial score (nSPS) is 16.2. The molecule has 4 rings (SSSR count). The number of carbonyl (C=O) groups excluding carboxylic acids is 1. The van der Waals surface area contributed by atoms with Gasteiger partial charge in [0.25, 0.3) is 0 Å². The van der Waals surface area contributed by atoms with Crippen LogP contribution in [-0.4, -0.2) is 10.8 Å². The monoisotopic (exact) mass is 370 g/mol. The lowest BCUT2D eigenvalue weighted by Gasteiger charge is -2.35. The summed E-state index contributed by atoms with van der Waals surface area (Å²) >= 11 is 4.91. The number of hydrogen-bond acceptors (Lipinski definition) is 6. The minimum absolute atomic E-state index is 0.00378. The number of hydrazone groups is 1. The Hall–Kier alpha value is -1.89. The molecule has 0 atom stereocenters. The highest BCUT2D eigenvalue weighted by Crippen LogP contribution is 2.54. The largest absolute Gasteiger partial charge is 0.292 e. The summed E-state index contributed by atoms with van der Waals surface area (Å²) in [5.41, 5.74) is 0.975. The fourth-order valence-corrected chi connectivity index (χ4v) is 6.04. The third-order valence-electron chi connectivity index (χ3n) is 3.75. The van der Waals surface area contributed by atoms with Gasteiger partial charge in [0.05, 0.1) is 5.69 Å². The lowest BCUT2D eigenvalue weighted by atomic mass is 10.1. The van der Waals surface area contributed by atoms with Crippen LogP contribution in [0, 0.1) is 0 Å². The van der Waals surface area contributed by atoms with E-state index in [1.54, 1.807) is 29.6 Å². The molecule has 0 unspecified atom stereocenters. The molecule has 2 aromatic heterocycles. The third kappa shape index (κ3) is 2.42. The molecule has 3 nitrogen and oxygen atoms in total. The summed E-state index contributed by atoms with van der Waals surface area (Å²) in [6.45, 7) is 1.58. The molecule has 0 spiro atoms. The van der Waals surface area contributed by atoms with Crippen molar-refractivity contribution in [3.05, 3.63) is 75.1 Å².